The maximum Gasteiger partial charge on any atom is 0.275 e. The van der Waals surface area contributed by atoms with Crippen LogP contribution in [0, 0.1) is 6.92 Å². The number of nitrogens with one attached hydrogen (secondary N) is 1. The zero-order valence-corrected chi connectivity index (χ0v) is 17.5. The van der Waals surface area contributed by atoms with Crippen molar-refractivity contribution in [2.75, 3.05) is 6.61 Å². The lowest BCUT2D eigenvalue weighted by atomic mass is 10.1. The first kappa shape index (κ1) is 20.1. The van der Waals surface area contributed by atoms with Crippen molar-refractivity contribution < 1.29 is 9.53 Å². The van der Waals surface area contributed by atoms with Gasteiger partial charge in [0.25, 0.3) is 11.5 Å². The molecular weight excluding hydrogens is 424 g/mol. The molecule has 0 aliphatic carbocycles. The van der Waals surface area contributed by atoms with Gasteiger partial charge in [-0.2, -0.15) is 9.61 Å². The smallest absolute Gasteiger partial charge is 0.275 e. The minimum Gasteiger partial charge on any atom is -0.482 e. The monoisotopic (exact) mass is 440 g/mol. The topological polar surface area (TPSA) is 85.6 Å². The van der Waals surface area contributed by atoms with Crippen LogP contribution in [0.3, 0.4) is 0 Å². The molecule has 0 saturated carbocycles. The molecule has 9 heteroatoms. The number of aryl methyl sites for hydroxylation is 1. The maximum atomic E-state index is 12.4. The Hall–Kier alpha value is -3.23. The van der Waals surface area contributed by atoms with E-state index in [0.29, 0.717) is 26.4 Å². The summed E-state index contributed by atoms with van der Waals surface area (Å²) in [7, 11) is 0. The number of halogens is 1. The van der Waals surface area contributed by atoms with Crippen molar-refractivity contribution in [2.24, 2.45) is 0 Å². The van der Waals surface area contributed by atoms with Gasteiger partial charge in [-0.25, -0.2) is 4.98 Å². The highest BCUT2D eigenvalue weighted by molar-refractivity contribution is 7.19. The van der Waals surface area contributed by atoms with Crippen LogP contribution in [-0.2, 0) is 11.3 Å². The summed E-state index contributed by atoms with van der Waals surface area (Å²) in [4.78, 5) is 29.4. The lowest BCUT2D eigenvalue weighted by Gasteiger charge is -2.08. The SMILES string of the molecule is Cc1cccc(-c2nn3c(=O)cc(CNC(=O)COc4ccccc4Cl)nc3s2)c1. The first-order chi connectivity index (χ1) is 14.5. The lowest BCUT2D eigenvalue weighted by molar-refractivity contribution is -0.123. The molecule has 0 unspecified atom stereocenters. The number of fused-ring (bicyclic) bond motifs is 1. The molecule has 2 aromatic carbocycles. The molecular formula is C21H17ClN4O3S. The highest BCUT2D eigenvalue weighted by Crippen LogP contribution is 2.25. The van der Waals surface area contributed by atoms with E-state index in [2.05, 4.69) is 15.4 Å². The van der Waals surface area contributed by atoms with E-state index in [1.807, 2.05) is 31.2 Å². The van der Waals surface area contributed by atoms with E-state index in [4.69, 9.17) is 16.3 Å². The van der Waals surface area contributed by atoms with Gasteiger partial charge in [-0.15, -0.1) is 0 Å². The van der Waals surface area contributed by atoms with Gasteiger partial charge in [0.15, 0.2) is 6.61 Å². The Labute approximate surface area is 180 Å². The van der Waals surface area contributed by atoms with Crippen molar-refractivity contribution in [3.05, 3.63) is 81.2 Å². The predicted octanol–water partition coefficient (Wildman–Crippen LogP) is 3.48. The number of para-hydroxylation sites is 1. The molecule has 4 rings (SSSR count). The first-order valence-corrected chi connectivity index (χ1v) is 10.3. The fraction of sp³-hybridized carbons (Fsp3) is 0.143. The van der Waals surface area contributed by atoms with Gasteiger partial charge in [-0.05, 0) is 25.1 Å². The summed E-state index contributed by atoms with van der Waals surface area (Å²) in [5.74, 6) is 0.0853. The van der Waals surface area contributed by atoms with E-state index < -0.39 is 0 Å². The normalized spacial score (nSPS) is 10.9. The van der Waals surface area contributed by atoms with Gasteiger partial charge in [-0.1, -0.05) is 58.8 Å². The van der Waals surface area contributed by atoms with Gasteiger partial charge in [0, 0.05) is 11.6 Å². The Morgan fingerprint density at radius 1 is 1.20 bits per heavy atom. The molecule has 4 aromatic rings. The van der Waals surface area contributed by atoms with E-state index in [1.165, 1.54) is 21.9 Å². The zero-order valence-electron chi connectivity index (χ0n) is 16.0. The van der Waals surface area contributed by atoms with Crippen molar-refractivity contribution in [2.45, 2.75) is 13.5 Å². The quantitative estimate of drug-likeness (QED) is 0.496. The molecule has 0 atom stereocenters. The van der Waals surface area contributed by atoms with Crippen LogP contribution < -0.4 is 15.6 Å². The summed E-state index contributed by atoms with van der Waals surface area (Å²) in [6.45, 7) is 1.91. The molecule has 2 heterocycles. The van der Waals surface area contributed by atoms with E-state index in [9.17, 15) is 9.59 Å². The predicted molar refractivity (Wildman–Crippen MR) is 116 cm³/mol. The minimum atomic E-state index is -0.346. The van der Waals surface area contributed by atoms with Gasteiger partial charge < -0.3 is 10.1 Å². The van der Waals surface area contributed by atoms with Gasteiger partial charge in [0.05, 0.1) is 17.3 Å². The van der Waals surface area contributed by atoms with Gasteiger partial charge in [0.2, 0.25) is 4.96 Å². The van der Waals surface area contributed by atoms with E-state index in [1.54, 1.807) is 24.3 Å². The highest BCUT2D eigenvalue weighted by Gasteiger charge is 2.12. The average molecular weight is 441 g/mol. The van der Waals surface area contributed by atoms with Gasteiger partial charge in [-0.3, -0.25) is 9.59 Å². The van der Waals surface area contributed by atoms with Crippen LogP contribution >= 0.6 is 22.9 Å². The van der Waals surface area contributed by atoms with Crippen LogP contribution in [0.1, 0.15) is 11.3 Å². The Morgan fingerprint density at radius 3 is 2.83 bits per heavy atom. The maximum absolute atomic E-state index is 12.4. The number of carbonyl (C=O) groups excluding carboxylic acids is 1. The largest absolute Gasteiger partial charge is 0.482 e. The van der Waals surface area contributed by atoms with Crippen molar-refractivity contribution in [1.29, 1.82) is 0 Å². The number of nitrogens with zero attached hydrogens (tertiary/aromatic N) is 3. The van der Waals surface area contributed by atoms with Crippen LogP contribution in [0.4, 0.5) is 0 Å². The third-order valence-electron chi connectivity index (χ3n) is 4.23. The molecule has 0 radical (unpaired) electrons. The fourth-order valence-corrected chi connectivity index (χ4v) is 3.90. The standard InChI is InChI=1S/C21H17ClN4O3S/c1-13-5-4-6-14(9-13)20-25-26-19(28)10-15(24-21(26)30-20)11-23-18(27)12-29-17-8-3-2-7-16(17)22/h2-10H,11-12H2,1H3,(H,23,27). The van der Waals surface area contributed by atoms with Crippen molar-refractivity contribution in [3.63, 3.8) is 0 Å². The summed E-state index contributed by atoms with van der Waals surface area (Å²) in [6.07, 6.45) is 0. The summed E-state index contributed by atoms with van der Waals surface area (Å²) in [5.41, 5.74) is 2.18. The van der Waals surface area contributed by atoms with E-state index in [-0.39, 0.29) is 24.6 Å². The van der Waals surface area contributed by atoms with Crippen molar-refractivity contribution in [3.8, 4) is 16.3 Å². The molecule has 0 bridgehead atoms. The summed E-state index contributed by atoms with van der Waals surface area (Å²) < 4.78 is 6.68. The Bertz CT molecular complexity index is 1280. The van der Waals surface area contributed by atoms with E-state index >= 15 is 0 Å². The molecule has 30 heavy (non-hydrogen) atoms. The molecule has 2 aromatic heterocycles. The number of hydrogen-bond donors (Lipinski definition) is 1. The molecule has 0 aliphatic heterocycles. The van der Waals surface area contributed by atoms with Crippen LogP contribution in [0.25, 0.3) is 15.5 Å². The van der Waals surface area contributed by atoms with Crippen LogP contribution in [-0.4, -0.2) is 27.1 Å². The Kier molecular flexibility index (Phi) is 5.78. The van der Waals surface area contributed by atoms with E-state index in [0.717, 1.165) is 11.1 Å². The average Bonchev–Trinajstić information content (AvgIpc) is 3.17. The van der Waals surface area contributed by atoms with Crippen LogP contribution in [0.15, 0.2) is 59.4 Å². The number of carbonyl (C=O) groups is 1. The van der Waals surface area contributed by atoms with Gasteiger partial charge in [0.1, 0.15) is 10.8 Å². The highest BCUT2D eigenvalue weighted by atomic mass is 35.5. The van der Waals surface area contributed by atoms with Crippen LogP contribution in [0.5, 0.6) is 5.75 Å². The number of amides is 1. The molecule has 1 amide bonds. The summed E-state index contributed by atoms with van der Waals surface area (Å²) >= 11 is 7.32. The minimum absolute atomic E-state index is 0.105. The number of ether oxygens (including phenoxy) is 1. The Balaban J connectivity index is 1.45. The molecule has 7 nitrogen and oxygen atoms in total. The number of hydrogen-bond acceptors (Lipinski definition) is 6. The molecule has 0 spiro atoms. The number of aromatic nitrogens is 3. The first-order valence-electron chi connectivity index (χ1n) is 9.10. The van der Waals surface area contributed by atoms with Gasteiger partial charge >= 0.3 is 0 Å². The third kappa shape index (κ3) is 4.50. The molecule has 0 aliphatic rings. The number of benzene rings is 2. The summed E-state index contributed by atoms with van der Waals surface area (Å²) in [6, 6.07) is 16.2. The molecule has 0 saturated heterocycles. The molecule has 1 N–H and O–H groups in total. The second kappa shape index (κ2) is 8.64. The second-order valence-electron chi connectivity index (χ2n) is 6.55. The molecule has 0 fully saturated rings. The van der Waals surface area contributed by atoms with Crippen molar-refractivity contribution in [1.82, 2.24) is 19.9 Å². The van der Waals surface area contributed by atoms with Crippen molar-refractivity contribution >= 4 is 33.8 Å². The zero-order chi connectivity index (χ0) is 21.1. The fourth-order valence-electron chi connectivity index (χ4n) is 2.79. The third-order valence-corrected chi connectivity index (χ3v) is 5.49. The Morgan fingerprint density at radius 2 is 2.03 bits per heavy atom. The second-order valence-corrected chi connectivity index (χ2v) is 7.92. The van der Waals surface area contributed by atoms with Crippen LogP contribution in [0.2, 0.25) is 5.02 Å². The lowest BCUT2D eigenvalue weighted by Crippen LogP contribution is -2.29. The number of rotatable bonds is 6. The summed E-state index contributed by atoms with van der Waals surface area (Å²) in [5, 5.41) is 8.20. The molecule has 152 valence electrons.